The predicted molar refractivity (Wildman–Crippen MR) is 467 cm³/mol. The molecule has 3 fully saturated rings. The van der Waals surface area contributed by atoms with Crippen molar-refractivity contribution in [3.05, 3.63) is 102 Å². The predicted octanol–water partition coefficient (Wildman–Crippen LogP) is 25.7. The molecule has 3 spiro atoms. The number of hydrogen-bond acceptors (Lipinski definition) is 0. The number of hydrogen-bond donors (Lipinski definition) is 0. The smallest absolute Gasteiger partial charge is 0.668 e. The first kappa shape index (κ1) is 98.0. The molecular weight excluding hydrogens is 1420 g/mol. The van der Waals surface area contributed by atoms with Crippen LogP contribution in [0.15, 0.2) is 54.6 Å². The minimum absolute atomic E-state index is 0. The van der Waals surface area contributed by atoms with Gasteiger partial charge in [0.15, 0.2) is 0 Å². The quantitative estimate of drug-likeness (QED) is 0.0827. The van der Waals surface area contributed by atoms with Gasteiger partial charge >= 0.3 is 96.9 Å². The van der Waals surface area contributed by atoms with Crippen molar-refractivity contribution in [2.24, 2.45) is 16.2 Å². The van der Waals surface area contributed by atoms with Crippen LogP contribution in [0.25, 0.3) is 13.9 Å². The summed E-state index contributed by atoms with van der Waals surface area (Å²) in [6.45, 7) is 83.7. The Morgan fingerprint density at radius 2 is 0.436 bits per heavy atom. The zero-order valence-corrected chi connectivity index (χ0v) is 86.4. The minimum atomic E-state index is -1.11. The Bertz CT molecular complexity index is 2680. The van der Waals surface area contributed by atoms with Crippen molar-refractivity contribution in [3.63, 3.8) is 0 Å². The van der Waals surface area contributed by atoms with Gasteiger partial charge in [-0.2, -0.15) is 0 Å². The fourth-order valence-electron chi connectivity index (χ4n) is 18.0. The fourth-order valence-corrected chi connectivity index (χ4v) is 42.1. The van der Waals surface area contributed by atoms with E-state index >= 15 is 0 Å². The van der Waals surface area contributed by atoms with Gasteiger partial charge in [0, 0.05) is 37.9 Å². The van der Waals surface area contributed by atoms with E-state index < -0.39 is 49.4 Å². The van der Waals surface area contributed by atoms with E-state index in [-0.39, 0.29) is 113 Å². The van der Waals surface area contributed by atoms with Crippen molar-refractivity contribution in [2.75, 3.05) is 0 Å². The summed E-state index contributed by atoms with van der Waals surface area (Å²) in [7, 11) is -6.64. The molecule has 0 aromatic heterocycles. The van der Waals surface area contributed by atoms with E-state index in [0.717, 1.165) is 0 Å². The van der Waals surface area contributed by atoms with Gasteiger partial charge < -0.3 is 27.7 Å². The Hall–Kier alpha value is 0.968. The first-order chi connectivity index (χ1) is 44.9. The van der Waals surface area contributed by atoms with Gasteiger partial charge in [0.1, 0.15) is 16.6 Å². The van der Waals surface area contributed by atoms with Gasteiger partial charge in [0.2, 0.25) is 0 Å². The number of benzene rings is 3. The maximum absolute atomic E-state index is 4.82. The third kappa shape index (κ3) is 31.2. The summed E-state index contributed by atoms with van der Waals surface area (Å²) in [6, 6.07) is 20.7. The molecule has 3 aromatic carbocycles. The van der Waals surface area contributed by atoms with Crippen LogP contribution in [0.3, 0.4) is 0 Å². The zero-order valence-electron chi connectivity index (χ0n) is 73.8. The molecular formula is C87H159KN6Si6Sr. The van der Waals surface area contributed by atoms with Crippen molar-refractivity contribution >= 4 is 131 Å². The maximum atomic E-state index is 4.82. The number of para-hydroxylation sites is 3. The molecule has 6 nitrogen and oxygen atoms in total. The topological polar surface area (TPSA) is 51.3 Å². The molecule has 3 heterocycles. The number of nitrogens with zero attached hydrogens (tertiary/aromatic N) is 6. The van der Waals surface area contributed by atoms with Crippen LogP contribution in [-0.4, -0.2) is 144 Å². The van der Waals surface area contributed by atoms with Gasteiger partial charge in [-0.15, -0.1) is 0 Å². The summed E-state index contributed by atoms with van der Waals surface area (Å²) in [4.78, 5) is 0. The standard InChI is InChI=1S/3C23H35N.3C6H18NSi2.K.Sr/c3*1-17(2)19-11-10-12-20(18(3)4)21(19)24-16-23(15-22(24,5)6)13-8-7-9-14-23;3*1-8(2,3)7-9(4,5)6;;/h3*10-12,17-18H,7-9,13-15H2,1-6H3;3*1-6H3;;/q;;;3*-1;+1;+2. The summed E-state index contributed by atoms with van der Waals surface area (Å²) in [5, 5.41) is 0. The Labute approximate surface area is 715 Å². The van der Waals surface area contributed by atoms with E-state index in [1.165, 1.54) is 166 Å². The van der Waals surface area contributed by atoms with E-state index in [1.807, 2.05) is 0 Å². The van der Waals surface area contributed by atoms with Gasteiger partial charge in [0.05, 0.1) is 17.1 Å². The summed E-state index contributed by atoms with van der Waals surface area (Å²) in [5.74, 6) is 3.25. The largest absolute Gasteiger partial charge is 2.00 e. The van der Waals surface area contributed by atoms with Crippen LogP contribution < -0.4 is 51.4 Å². The molecule has 0 bridgehead atoms. The molecule has 0 radical (unpaired) electrons. The van der Waals surface area contributed by atoms with E-state index in [0.29, 0.717) is 51.8 Å². The molecule has 0 unspecified atom stereocenters. The van der Waals surface area contributed by atoms with Crippen LogP contribution in [0, 0.1) is 16.2 Å². The normalized spacial score (nSPS) is 19.7. The van der Waals surface area contributed by atoms with Gasteiger partial charge in [-0.3, -0.25) is 0 Å². The Balaban J connectivity index is 0.000000433. The molecule has 101 heavy (non-hydrogen) atoms. The molecule has 6 aliphatic rings. The average molecular weight is 1580 g/mol. The average Bonchev–Trinajstić information content (AvgIpc) is 1.62. The molecule has 0 atom stereocenters. The van der Waals surface area contributed by atoms with E-state index in [4.69, 9.17) is 13.9 Å². The van der Waals surface area contributed by atoms with Gasteiger partial charge in [-0.1, -0.05) is 435 Å². The summed E-state index contributed by atoms with van der Waals surface area (Å²) < 4.78 is 22.1. The molecule has 3 aromatic rings. The van der Waals surface area contributed by atoms with Crippen molar-refractivity contribution in [2.45, 2.75) is 410 Å². The Kier molecular flexibility index (Phi) is 38.3. The molecule has 0 N–H and O–H groups in total. The van der Waals surface area contributed by atoms with Crippen LogP contribution in [0.2, 0.25) is 118 Å². The van der Waals surface area contributed by atoms with E-state index in [1.54, 1.807) is 0 Å². The number of rotatable bonds is 15. The zero-order chi connectivity index (χ0) is 75.7. The Morgan fingerprint density at radius 3 is 0.554 bits per heavy atom. The van der Waals surface area contributed by atoms with Crippen LogP contribution in [0.5, 0.6) is 0 Å². The van der Waals surface area contributed by atoms with Gasteiger partial charge in [-0.05, 0) is 93.3 Å². The molecule has 14 heteroatoms. The minimum Gasteiger partial charge on any atom is -0.668 e. The fraction of sp³-hybridized carbons (Fsp3) is 0.759. The molecule has 0 amide bonds. The second-order valence-corrected chi connectivity index (χ2v) is 70.2. The first-order valence-electron chi connectivity index (χ1n) is 40.2. The third-order valence-corrected chi connectivity index (χ3v) is 36.4. The van der Waals surface area contributed by atoms with Crippen molar-refractivity contribution in [3.8, 4) is 0 Å². The molecule has 3 aliphatic heterocycles. The van der Waals surface area contributed by atoms with Crippen LogP contribution in [0.1, 0.15) is 309 Å². The molecule has 9 rings (SSSR count). The SMILES string of the molecule is CC(C)c1cccc(C(C)C)c1[N+]1=[C-]C2(CCCCC2)CC1(C)C.CC(C)c1cccc(C(C)C)c1[N+]1=[C-]C2(CCCCC2)CC1(C)C.CC(C)c1cccc(C(C)C)c1[N+]1=[C-]C2(CCCCC2)CC1(C)C.C[Si](C)(C)[N-][Si](C)(C)C.C[Si](C)(C)[N-][Si](C)(C)C.C[Si](C)(C)[N-][Si](C)(C)C.[K+].[Sr+2]. The van der Waals surface area contributed by atoms with Gasteiger partial charge in [0.25, 0.3) is 0 Å². The van der Waals surface area contributed by atoms with Crippen LogP contribution >= 0.6 is 0 Å². The summed E-state index contributed by atoms with van der Waals surface area (Å²) in [6.07, 6.45) is 36.3. The van der Waals surface area contributed by atoms with Crippen LogP contribution in [0.4, 0.5) is 17.1 Å². The molecule has 564 valence electrons. The summed E-state index contributed by atoms with van der Waals surface area (Å²) in [5.41, 5.74) is 14.7. The summed E-state index contributed by atoms with van der Waals surface area (Å²) >= 11 is 0. The molecule has 3 aliphatic carbocycles. The second kappa shape index (κ2) is 39.4. The monoisotopic (exact) mass is 1580 g/mol. The van der Waals surface area contributed by atoms with Gasteiger partial charge in [-0.25, -0.2) is 0 Å². The van der Waals surface area contributed by atoms with Crippen molar-refractivity contribution < 1.29 is 65.1 Å². The van der Waals surface area contributed by atoms with E-state index in [2.05, 4.69) is 329 Å². The molecule has 0 saturated heterocycles. The molecule has 3 saturated carbocycles. The van der Waals surface area contributed by atoms with Crippen molar-refractivity contribution in [1.82, 2.24) is 0 Å². The van der Waals surface area contributed by atoms with E-state index in [9.17, 15) is 0 Å². The maximum Gasteiger partial charge on any atom is 2.00 e. The van der Waals surface area contributed by atoms with Crippen LogP contribution in [-0.2, 0) is 0 Å². The first-order valence-corrected chi connectivity index (χ1v) is 60.9. The Morgan fingerprint density at radius 1 is 0.287 bits per heavy atom. The van der Waals surface area contributed by atoms with Crippen molar-refractivity contribution in [1.29, 1.82) is 0 Å². The second-order valence-electron chi connectivity index (χ2n) is 41.5. The third-order valence-electron chi connectivity index (χ3n) is 20.3.